The maximum absolute atomic E-state index is 12.1. The number of benzene rings is 3. The first-order valence-corrected chi connectivity index (χ1v) is 9.94. The highest BCUT2D eigenvalue weighted by molar-refractivity contribution is 5.99. The Hall–Kier alpha value is -3.86. The lowest BCUT2D eigenvalue weighted by molar-refractivity contribution is -0.119. The van der Waals surface area contributed by atoms with Crippen molar-refractivity contribution in [2.75, 3.05) is 11.9 Å². The van der Waals surface area contributed by atoms with Crippen LogP contribution in [0.15, 0.2) is 90.2 Å². The number of amides is 1. The molecule has 0 fully saturated rings. The van der Waals surface area contributed by atoms with E-state index in [4.69, 9.17) is 0 Å². The van der Waals surface area contributed by atoms with E-state index in [1.165, 1.54) is 11.1 Å². The van der Waals surface area contributed by atoms with Gasteiger partial charge in [0.2, 0.25) is 0 Å². The predicted octanol–water partition coefficient (Wildman–Crippen LogP) is 4.56. The largest absolute Gasteiger partial charge is 0.376 e. The SMILES string of the molecule is Cc1ccccc1Cn1cc(/C=N\NC(=O)CNc2ccccc2)c2ccccc21. The van der Waals surface area contributed by atoms with Crippen molar-refractivity contribution in [3.63, 3.8) is 0 Å². The van der Waals surface area contributed by atoms with Crippen LogP contribution in [-0.2, 0) is 11.3 Å². The number of para-hydroxylation sites is 2. The van der Waals surface area contributed by atoms with Crippen molar-refractivity contribution in [3.05, 3.63) is 102 Å². The van der Waals surface area contributed by atoms with Gasteiger partial charge in [0.1, 0.15) is 0 Å². The normalized spacial score (nSPS) is 11.1. The standard InChI is InChI=1S/C25H24N4O/c1-19-9-5-6-10-20(19)17-29-18-21(23-13-7-8-14-24(23)29)15-27-28-25(30)16-26-22-11-3-2-4-12-22/h2-15,18,26H,16-17H2,1H3,(H,28,30)/b27-15-. The van der Waals surface area contributed by atoms with Gasteiger partial charge in [0, 0.05) is 34.9 Å². The summed E-state index contributed by atoms with van der Waals surface area (Å²) in [6.07, 6.45) is 3.78. The number of aromatic nitrogens is 1. The first-order valence-electron chi connectivity index (χ1n) is 9.94. The molecule has 0 saturated heterocycles. The molecular formula is C25H24N4O. The van der Waals surface area contributed by atoms with Gasteiger partial charge in [-0.2, -0.15) is 5.10 Å². The van der Waals surface area contributed by atoms with E-state index < -0.39 is 0 Å². The Morgan fingerprint density at radius 1 is 0.967 bits per heavy atom. The van der Waals surface area contributed by atoms with E-state index in [0.29, 0.717) is 0 Å². The molecule has 1 aromatic heterocycles. The van der Waals surface area contributed by atoms with Gasteiger partial charge in [-0.1, -0.05) is 60.7 Å². The van der Waals surface area contributed by atoms with E-state index in [-0.39, 0.29) is 12.5 Å². The van der Waals surface area contributed by atoms with E-state index in [2.05, 4.69) is 69.9 Å². The van der Waals surface area contributed by atoms with E-state index in [0.717, 1.165) is 28.7 Å². The Balaban J connectivity index is 1.46. The minimum absolute atomic E-state index is 0.163. The Bertz CT molecular complexity index is 1180. The van der Waals surface area contributed by atoms with Crippen molar-refractivity contribution in [1.29, 1.82) is 0 Å². The van der Waals surface area contributed by atoms with E-state index in [1.807, 2.05) is 42.5 Å². The quantitative estimate of drug-likeness (QED) is 0.355. The van der Waals surface area contributed by atoms with Crippen LogP contribution in [0.1, 0.15) is 16.7 Å². The third kappa shape index (κ3) is 4.58. The Morgan fingerprint density at radius 3 is 2.53 bits per heavy atom. The highest BCUT2D eigenvalue weighted by Crippen LogP contribution is 2.22. The topological polar surface area (TPSA) is 58.4 Å². The maximum Gasteiger partial charge on any atom is 0.259 e. The molecule has 1 amide bonds. The van der Waals surface area contributed by atoms with Gasteiger partial charge in [0.25, 0.3) is 5.91 Å². The zero-order valence-electron chi connectivity index (χ0n) is 16.9. The van der Waals surface area contributed by atoms with Gasteiger partial charge in [-0.3, -0.25) is 4.79 Å². The lowest BCUT2D eigenvalue weighted by Crippen LogP contribution is -2.25. The zero-order chi connectivity index (χ0) is 20.8. The number of nitrogens with zero attached hydrogens (tertiary/aromatic N) is 2. The molecular weight excluding hydrogens is 372 g/mol. The van der Waals surface area contributed by atoms with Crippen molar-refractivity contribution >= 4 is 28.7 Å². The van der Waals surface area contributed by atoms with Gasteiger partial charge in [0.05, 0.1) is 12.8 Å². The molecule has 0 aliphatic rings. The number of carbonyl (C=O) groups is 1. The van der Waals surface area contributed by atoms with Crippen molar-refractivity contribution in [2.45, 2.75) is 13.5 Å². The van der Waals surface area contributed by atoms with E-state index >= 15 is 0 Å². The van der Waals surface area contributed by atoms with Crippen molar-refractivity contribution in [2.24, 2.45) is 5.10 Å². The summed E-state index contributed by atoms with van der Waals surface area (Å²) in [5, 5.41) is 8.34. The average Bonchev–Trinajstić information content (AvgIpc) is 3.12. The van der Waals surface area contributed by atoms with E-state index in [1.54, 1.807) is 6.21 Å². The van der Waals surface area contributed by atoms with Crippen molar-refractivity contribution in [1.82, 2.24) is 9.99 Å². The van der Waals surface area contributed by atoms with Gasteiger partial charge in [-0.15, -0.1) is 0 Å². The van der Waals surface area contributed by atoms with Crippen LogP contribution < -0.4 is 10.7 Å². The van der Waals surface area contributed by atoms with Gasteiger partial charge >= 0.3 is 0 Å². The number of hydrogen-bond donors (Lipinski definition) is 2. The molecule has 1 heterocycles. The highest BCUT2D eigenvalue weighted by Gasteiger charge is 2.08. The zero-order valence-corrected chi connectivity index (χ0v) is 16.9. The molecule has 0 spiro atoms. The van der Waals surface area contributed by atoms with Gasteiger partial charge in [0.15, 0.2) is 0 Å². The number of anilines is 1. The smallest absolute Gasteiger partial charge is 0.259 e. The van der Waals surface area contributed by atoms with Crippen LogP contribution >= 0.6 is 0 Å². The second kappa shape index (κ2) is 9.09. The molecule has 150 valence electrons. The molecule has 5 heteroatoms. The minimum Gasteiger partial charge on any atom is -0.376 e. The fourth-order valence-electron chi connectivity index (χ4n) is 3.43. The average molecular weight is 396 g/mol. The molecule has 5 nitrogen and oxygen atoms in total. The number of rotatable bonds is 7. The van der Waals surface area contributed by atoms with Crippen molar-refractivity contribution in [3.8, 4) is 0 Å². The fraction of sp³-hybridized carbons (Fsp3) is 0.120. The van der Waals surface area contributed by atoms with Crippen LogP contribution in [0.5, 0.6) is 0 Å². The molecule has 0 radical (unpaired) electrons. The summed E-state index contributed by atoms with van der Waals surface area (Å²) >= 11 is 0. The van der Waals surface area contributed by atoms with Gasteiger partial charge in [-0.05, 0) is 36.2 Å². The highest BCUT2D eigenvalue weighted by atomic mass is 16.2. The predicted molar refractivity (Wildman–Crippen MR) is 123 cm³/mol. The Morgan fingerprint density at radius 2 is 1.70 bits per heavy atom. The maximum atomic E-state index is 12.1. The summed E-state index contributed by atoms with van der Waals surface area (Å²) in [7, 11) is 0. The summed E-state index contributed by atoms with van der Waals surface area (Å²) in [5.41, 5.74) is 8.15. The van der Waals surface area contributed by atoms with Gasteiger partial charge in [-0.25, -0.2) is 5.43 Å². The third-order valence-corrected chi connectivity index (χ3v) is 5.04. The number of hydrogen-bond acceptors (Lipinski definition) is 3. The molecule has 4 rings (SSSR count). The van der Waals surface area contributed by atoms with Crippen LogP contribution in [0.2, 0.25) is 0 Å². The first-order chi connectivity index (χ1) is 14.7. The molecule has 0 saturated carbocycles. The summed E-state index contributed by atoms with van der Waals surface area (Å²) in [5.74, 6) is -0.196. The molecule has 0 bridgehead atoms. The summed E-state index contributed by atoms with van der Waals surface area (Å²) in [6, 6.07) is 26.2. The summed E-state index contributed by atoms with van der Waals surface area (Å²) in [4.78, 5) is 12.1. The van der Waals surface area contributed by atoms with Crippen LogP contribution in [0, 0.1) is 6.92 Å². The molecule has 0 aliphatic carbocycles. The van der Waals surface area contributed by atoms with E-state index in [9.17, 15) is 4.79 Å². The lowest BCUT2D eigenvalue weighted by Gasteiger charge is -2.08. The third-order valence-electron chi connectivity index (χ3n) is 5.04. The lowest BCUT2D eigenvalue weighted by atomic mass is 10.1. The van der Waals surface area contributed by atoms with Crippen LogP contribution in [0.25, 0.3) is 10.9 Å². The second-order valence-corrected chi connectivity index (χ2v) is 7.17. The number of nitrogens with one attached hydrogen (secondary N) is 2. The number of fused-ring (bicyclic) bond motifs is 1. The summed E-state index contributed by atoms with van der Waals surface area (Å²) in [6.45, 7) is 3.08. The minimum atomic E-state index is -0.196. The molecule has 4 aromatic rings. The van der Waals surface area contributed by atoms with Crippen LogP contribution in [0.3, 0.4) is 0 Å². The molecule has 0 atom stereocenters. The number of hydrazone groups is 1. The molecule has 30 heavy (non-hydrogen) atoms. The second-order valence-electron chi connectivity index (χ2n) is 7.17. The fourth-order valence-corrected chi connectivity index (χ4v) is 3.43. The Kier molecular flexibility index (Phi) is 5.90. The van der Waals surface area contributed by atoms with Crippen molar-refractivity contribution < 1.29 is 4.79 Å². The first kappa shape index (κ1) is 19.5. The molecule has 0 unspecified atom stereocenters. The number of aryl methyl sites for hydroxylation is 1. The molecule has 0 aliphatic heterocycles. The molecule has 2 N–H and O–H groups in total. The van der Waals surface area contributed by atoms with Crippen LogP contribution in [-0.4, -0.2) is 23.2 Å². The number of carbonyl (C=O) groups excluding carboxylic acids is 1. The summed E-state index contributed by atoms with van der Waals surface area (Å²) < 4.78 is 2.22. The van der Waals surface area contributed by atoms with Gasteiger partial charge < -0.3 is 9.88 Å². The Labute approximate surface area is 176 Å². The van der Waals surface area contributed by atoms with Crippen LogP contribution in [0.4, 0.5) is 5.69 Å². The monoisotopic (exact) mass is 396 g/mol. The molecule has 3 aromatic carbocycles.